The molecule has 0 amide bonds. The lowest BCUT2D eigenvalue weighted by atomic mass is 9.86. The van der Waals surface area contributed by atoms with Crippen molar-refractivity contribution < 1.29 is 9.59 Å². The summed E-state index contributed by atoms with van der Waals surface area (Å²) in [4.78, 5) is 21.0. The van der Waals surface area contributed by atoms with E-state index in [0.29, 0.717) is 18.1 Å². The lowest BCUT2D eigenvalue weighted by molar-refractivity contribution is -0.121. The van der Waals surface area contributed by atoms with Crippen molar-refractivity contribution in [1.29, 1.82) is 0 Å². The van der Waals surface area contributed by atoms with Gasteiger partial charge in [-0.05, 0) is 31.3 Å². The van der Waals surface area contributed by atoms with Gasteiger partial charge in [-0.3, -0.25) is 9.59 Å². The van der Waals surface area contributed by atoms with E-state index in [9.17, 15) is 9.59 Å². The van der Waals surface area contributed by atoms with Crippen LogP contribution >= 0.6 is 0 Å². The first kappa shape index (κ1) is 9.17. The second kappa shape index (κ2) is 4.86. The molecule has 0 aliphatic heterocycles. The Labute approximate surface area is 72.7 Å². The molecular weight excluding hydrogens is 152 g/mol. The molecule has 2 nitrogen and oxygen atoms in total. The molecule has 0 radical (unpaired) electrons. The lowest BCUT2D eigenvalue weighted by Crippen LogP contribution is -2.14. The molecule has 0 aromatic carbocycles. The Bertz CT molecular complexity index is 194. The summed E-state index contributed by atoms with van der Waals surface area (Å²) in [5, 5.41) is 0. The molecule has 0 saturated heterocycles. The van der Waals surface area contributed by atoms with Gasteiger partial charge < -0.3 is 0 Å². The molecule has 1 aliphatic rings. The van der Waals surface area contributed by atoms with Crippen LogP contribution in [0.2, 0.25) is 0 Å². The molecule has 0 aromatic heterocycles. The van der Waals surface area contributed by atoms with Crippen LogP contribution in [0.15, 0.2) is 12.2 Å². The maximum Gasteiger partial charge on any atom is 0.142 e. The van der Waals surface area contributed by atoms with E-state index >= 15 is 0 Å². The summed E-state index contributed by atoms with van der Waals surface area (Å²) in [7, 11) is 0. The highest BCUT2D eigenvalue weighted by molar-refractivity contribution is 5.79. The van der Waals surface area contributed by atoms with E-state index in [1.165, 1.54) is 6.08 Å². The van der Waals surface area contributed by atoms with Crippen molar-refractivity contribution in [3.63, 3.8) is 0 Å². The third-order valence-electron chi connectivity index (χ3n) is 2.27. The number of hydrogen-bond donors (Lipinski definition) is 0. The molecule has 0 spiro atoms. The Morgan fingerprint density at radius 2 is 2.33 bits per heavy atom. The van der Waals surface area contributed by atoms with Gasteiger partial charge in [-0.2, -0.15) is 0 Å². The number of carbonyl (C=O) groups excluding carboxylic acids is 2. The summed E-state index contributed by atoms with van der Waals surface area (Å²) in [6, 6.07) is 0. The number of ketones is 1. The highest BCUT2D eigenvalue weighted by atomic mass is 16.1. The predicted molar refractivity (Wildman–Crippen MR) is 46.8 cm³/mol. The summed E-state index contributed by atoms with van der Waals surface area (Å²) in [5.41, 5.74) is 0. The van der Waals surface area contributed by atoms with Crippen molar-refractivity contribution in [2.45, 2.75) is 32.1 Å². The highest BCUT2D eigenvalue weighted by Crippen LogP contribution is 2.24. The van der Waals surface area contributed by atoms with Crippen molar-refractivity contribution in [3.8, 4) is 0 Å². The standard InChI is InChI=1S/C10H14O2/c11-7-2-1-4-9-5-3-6-10(12)8-9/h1-2,7,9H,3-6,8H2/b2-1+. The predicted octanol–water partition coefficient (Wildman–Crippen LogP) is 1.89. The smallest absolute Gasteiger partial charge is 0.142 e. The van der Waals surface area contributed by atoms with Crippen molar-refractivity contribution in [2.24, 2.45) is 5.92 Å². The number of carbonyl (C=O) groups is 2. The van der Waals surface area contributed by atoms with Crippen LogP contribution in [-0.2, 0) is 9.59 Å². The van der Waals surface area contributed by atoms with Gasteiger partial charge >= 0.3 is 0 Å². The first-order valence-electron chi connectivity index (χ1n) is 4.45. The van der Waals surface area contributed by atoms with Crippen molar-refractivity contribution in [3.05, 3.63) is 12.2 Å². The molecule has 2 heteroatoms. The first-order chi connectivity index (χ1) is 5.83. The Kier molecular flexibility index (Phi) is 3.71. The third kappa shape index (κ3) is 2.99. The second-order valence-electron chi connectivity index (χ2n) is 3.30. The van der Waals surface area contributed by atoms with Gasteiger partial charge in [0.15, 0.2) is 0 Å². The Balaban J connectivity index is 2.27. The number of hydrogen-bond acceptors (Lipinski definition) is 2. The maximum atomic E-state index is 11.0. The minimum atomic E-state index is 0.380. The fraction of sp³-hybridized carbons (Fsp3) is 0.600. The summed E-state index contributed by atoms with van der Waals surface area (Å²) >= 11 is 0. The molecule has 1 rings (SSSR count). The van der Waals surface area contributed by atoms with Gasteiger partial charge in [-0.1, -0.05) is 6.08 Å². The average molecular weight is 166 g/mol. The summed E-state index contributed by atoms with van der Waals surface area (Å²) in [6.45, 7) is 0. The van der Waals surface area contributed by atoms with E-state index in [1.807, 2.05) is 6.08 Å². The van der Waals surface area contributed by atoms with Gasteiger partial charge in [0.25, 0.3) is 0 Å². The van der Waals surface area contributed by atoms with Crippen LogP contribution in [0, 0.1) is 5.92 Å². The quantitative estimate of drug-likeness (QED) is 0.474. The fourth-order valence-corrected chi connectivity index (χ4v) is 1.64. The monoisotopic (exact) mass is 166 g/mol. The summed E-state index contributed by atoms with van der Waals surface area (Å²) in [6.07, 6.45) is 8.66. The molecule has 66 valence electrons. The van der Waals surface area contributed by atoms with Crippen molar-refractivity contribution in [1.82, 2.24) is 0 Å². The van der Waals surface area contributed by atoms with Crippen LogP contribution in [0.4, 0.5) is 0 Å². The van der Waals surface area contributed by atoms with E-state index in [2.05, 4.69) is 0 Å². The van der Waals surface area contributed by atoms with E-state index in [-0.39, 0.29) is 0 Å². The zero-order valence-corrected chi connectivity index (χ0v) is 7.16. The van der Waals surface area contributed by atoms with E-state index in [4.69, 9.17) is 0 Å². The summed E-state index contributed by atoms with van der Waals surface area (Å²) < 4.78 is 0. The van der Waals surface area contributed by atoms with Crippen LogP contribution in [0.5, 0.6) is 0 Å². The molecule has 1 aliphatic carbocycles. The van der Waals surface area contributed by atoms with Crippen LogP contribution in [0.3, 0.4) is 0 Å². The molecule has 0 heterocycles. The first-order valence-corrected chi connectivity index (χ1v) is 4.45. The average Bonchev–Trinajstić information content (AvgIpc) is 2.05. The largest absolute Gasteiger partial charge is 0.300 e. The fourth-order valence-electron chi connectivity index (χ4n) is 1.64. The van der Waals surface area contributed by atoms with Crippen LogP contribution < -0.4 is 0 Å². The molecule has 0 N–H and O–H groups in total. The Hall–Kier alpha value is -0.920. The Morgan fingerprint density at radius 1 is 1.50 bits per heavy atom. The third-order valence-corrected chi connectivity index (χ3v) is 2.27. The number of Topliss-reactive ketones (excluding diaryl/α,β-unsaturated/α-hetero) is 1. The van der Waals surface area contributed by atoms with Crippen LogP contribution in [0.1, 0.15) is 32.1 Å². The Morgan fingerprint density at radius 3 is 3.00 bits per heavy atom. The molecule has 12 heavy (non-hydrogen) atoms. The molecular formula is C10H14O2. The number of allylic oxidation sites excluding steroid dienone is 2. The number of rotatable bonds is 3. The normalized spacial score (nSPS) is 24.7. The van der Waals surface area contributed by atoms with Gasteiger partial charge in [0, 0.05) is 12.8 Å². The molecule has 0 aromatic rings. The van der Waals surface area contributed by atoms with Gasteiger partial charge in [0.2, 0.25) is 0 Å². The van der Waals surface area contributed by atoms with Crippen LogP contribution in [-0.4, -0.2) is 12.1 Å². The van der Waals surface area contributed by atoms with E-state index in [0.717, 1.165) is 32.0 Å². The molecule has 1 atom stereocenters. The maximum absolute atomic E-state index is 11.0. The van der Waals surface area contributed by atoms with Gasteiger partial charge in [-0.15, -0.1) is 0 Å². The zero-order valence-electron chi connectivity index (χ0n) is 7.16. The summed E-state index contributed by atoms with van der Waals surface area (Å²) in [5.74, 6) is 0.869. The van der Waals surface area contributed by atoms with Gasteiger partial charge in [0.05, 0.1) is 0 Å². The minimum absolute atomic E-state index is 0.380. The molecule has 1 fully saturated rings. The van der Waals surface area contributed by atoms with Crippen molar-refractivity contribution in [2.75, 3.05) is 0 Å². The molecule has 1 saturated carbocycles. The van der Waals surface area contributed by atoms with E-state index < -0.39 is 0 Å². The zero-order chi connectivity index (χ0) is 8.81. The molecule has 0 bridgehead atoms. The van der Waals surface area contributed by atoms with Crippen LogP contribution in [0.25, 0.3) is 0 Å². The topological polar surface area (TPSA) is 34.1 Å². The van der Waals surface area contributed by atoms with Gasteiger partial charge in [-0.25, -0.2) is 0 Å². The SMILES string of the molecule is O=C/C=C/CC1CCCC(=O)C1. The van der Waals surface area contributed by atoms with Crippen molar-refractivity contribution >= 4 is 12.1 Å². The number of aldehydes is 1. The second-order valence-corrected chi connectivity index (χ2v) is 3.30. The van der Waals surface area contributed by atoms with Gasteiger partial charge in [0.1, 0.15) is 12.1 Å². The molecule has 1 unspecified atom stereocenters. The lowest BCUT2D eigenvalue weighted by Gasteiger charge is -2.18. The highest BCUT2D eigenvalue weighted by Gasteiger charge is 2.17. The minimum Gasteiger partial charge on any atom is -0.300 e. The van der Waals surface area contributed by atoms with E-state index in [1.54, 1.807) is 0 Å².